The summed E-state index contributed by atoms with van der Waals surface area (Å²) in [5.41, 5.74) is 6.50. The fraction of sp³-hybridized carbons (Fsp3) is 0.375. The van der Waals surface area contributed by atoms with Gasteiger partial charge in [-0.25, -0.2) is 4.98 Å². The maximum Gasteiger partial charge on any atom is 0.253 e. The highest BCUT2D eigenvalue weighted by Gasteiger charge is 2.08. The van der Waals surface area contributed by atoms with Crippen LogP contribution in [0.25, 0.3) is 17.2 Å². The van der Waals surface area contributed by atoms with Crippen molar-refractivity contribution in [1.29, 1.82) is 0 Å². The zero-order chi connectivity index (χ0) is 29.0. The van der Waals surface area contributed by atoms with Crippen molar-refractivity contribution in [2.45, 2.75) is 53.4 Å². The minimum Gasteiger partial charge on any atom is -0.373 e. The third-order valence-electron chi connectivity index (χ3n) is 5.81. The third-order valence-corrected chi connectivity index (χ3v) is 5.81. The van der Waals surface area contributed by atoms with Gasteiger partial charge in [-0.05, 0) is 69.0 Å². The molecule has 2 aromatic heterocycles. The van der Waals surface area contributed by atoms with Crippen LogP contribution >= 0.6 is 0 Å². The second kappa shape index (κ2) is 19.1. The number of nitrogens with zero attached hydrogens (tertiary/aromatic N) is 3. The lowest BCUT2D eigenvalue weighted by Gasteiger charge is -2.11. The number of anilines is 1. The number of carbonyl (C=O) groups is 2. The average Bonchev–Trinajstić information content (AvgIpc) is 2.97. The highest BCUT2D eigenvalue weighted by atomic mass is 16.2. The zero-order valence-electron chi connectivity index (χ0n) is 24.6. The van der Waals surface area contributed by atoms with E-state index in [0.717, 1.165) is 72.4 Å². The molecule has 0 spiro atoms. The summed E-state index contributed by atoms with van der Waals surface area (Å²) < 4.78 is 0. The van der Waals surface area contributed by atoms with Gasteiger partial charge >= 0.3 is 0 Å². The summed E-state index contributed by atoms with van der Waals surface area (Å²) in [5.74, 6) is 0.905. The number of allylic oxidation sites excluding steroid dienone is 1. The van der Waals surface area contributed by atoms with Crippen molar-refractivity contribution in [2.24, 2.45) is 0 Å². The lowest BCUT2D eigenvalue weighted by molar-refractivity contribution is -0.109. The molecule has 0 saturated carbocycles. The minimum absolute atomic E-state index is 0.0469. The number of rotatable bonds is 11. The molecular weight excluding hydrogens is 486 g/mol. The van der Waals surface area contributed by atoms with E-state index < -0.39 is 0 Å². The van der Waals surface area contributed by atoms with E-state index in [1.165, 1.54) is 5.57 Å². The van der Waals surface area contributed by atoms with Gasteiger partial charge in [-0.1, -0.05) is 50.1 Å². The minimum atomic E-state index is 0.0469. The van der Waals surface area contributed by atoms with Gasteiger partial charge in [0.25, 0.3) is 5.91 Å². The smallest absolute Gasteiger partial charge is 0.253 e. The maximum absolute atomic E-state index is 11.3. The molecule has 0 unspecified atom stereocenters. The Morgan fingerprint density at radius 1 is 0.974 bits per heavy atom. The van der Waals surface area contributed by atoms with Crippen LogP contribution in [-0.2, 0) is 4.79 Å². The summed E-state index contributed by atoms with van der Waals surface area (Å²) >= 11 is 0. The average molecular weight is 532 g/mol. The molecule has 39 heavy (non-hydrogen) atoms. The Morgan fingerprint density at radius 2 is 1.69 bits per heavy atom. The molecule has 2 N–H and O–H groups in total. The molecule has 1 aromatic carbocycles. The number of aryl methyl sites for hydroxylation is 1. The van der Waals surface area contributed by atoms with E-state index in [9.17, 15) is 9.59 Å². The molecule has 2 heterocycles. The summed E-state index contributed by atoms with van der Waals surface area (Å²) in [4.78, 5) is 32.0. The first-order chi connectivity index (χ1) is 18.9. The summed E-state index contributed by atoms with van der Waals surface area (Å²) in [6.45, 7) is 8.97. The number of hydrogen-bond acceptors (Lipinski definition) is 5. The normalized spacial score (nSPS) is 10.3. The van der Waals surface area contributed by atoms with E-state index in [2.05, 4.69) is 39.7 Å². The van der Waals surface area contributed by atoms with Gasteiger partial charge in [-0.2, -0.15) is 0 Å². The summed E-state index contributed by atoms with van der Waals surface area (Å²) in [6, 6.07) is 15.3. The Morgan fingerprint density at radius 3 is 2.28 bits per heavy atom. The van der Waals surface area contributed by atoms with Crippen LogP contribution in [0, 0.1) is 6.92 Å². The second-order valence-corrected chi connectivity index (χ2v) is 8.98. The molecular formula is C32H45N5O2. The van der Waals surface area contributed by atoms with Gasteiger partial charge < -0.3 is 15.5 Å². The van der Waals surface area contributed by atoms with Crippen LogP contribution in [0.3, 0.4) is 0 Å². The van der Waals surface area contributed by atoms with Crippen molar-refractivity contribution in [1.82, 2.24) is 20.2 Å². The third kappa shape index (κ3) is 11.9. The topological polar surface area (TPSA) is 87.2 Å². The largest absolute Gasteiger partial charge is 0.373 e. The van der Waals surface area contributed by atoms with E-state index in [-0.39, 0.29) is 5.91 Å². The predicted octanol–water partition coefficient (Wildman–Crippen LogP) is 6.62. The molecule has 0 radical (unpaired) electrons. The predicted molar refractivity (Wildman–Crippen MR) is 164 cm³/mol. The first-order valence-corrected chi connectivity index (χ1v) is 13.6. The number of carbonyl (C=O) groups excluding carboxylic acids is 2. The Balaban J connectivity index is 0.000000487. The maximum atomic E-state index is 11.3. The quantitative estimate of drug-likeness (QED) is 0.215. The summed E-state index contributed by atoms with van der Waals surface area (Å²) in [6.07, 6.45) is 11.1. The number of aromatic nitrogens is 2. The molecule has 7 heteroatoms. The molecule has 0 aliphatic rings. The second-order valence-electron chi connectivity index (χ2n) is 8.98. The molecule has 0 atom stereocenters. The van der Waals surface area contributed by atoms with E-state index in [1.54, 1.807) is 19.0 Å². The molecule has 0 aliphatic heterocycles. The van der Waals surface area contributed by atoms with Crippen LogP contribution in [0.15, 0.2) is 66.5 Å². The molecule has 3 aromatic rings. The van der Waals surface area contributed by atoms with Gasteiger partial charge in [0.05, 0.1) is 0 Å². The molecule has 0 fully saturated rings. The first-order valence-electron chi connectivity index (χ1n) is 13.6. The monoisotopic (exact) mass is 531 g/mol. The van der Waals surface area contributed by atoms with Crippen LogP contribution in [0.4, 0.5) is 5.82 Å². The van der Waals surface area contributed by atoms with Gasteiger partial charge in [0, 0.05) is 62.5 Å². The Labute approximate surface area is 234 Å². The van der Waals surface area contributed by atoms with E-state index in [0.29, 0.717) is 0 Å². The van der Waals surface area contributed by atoms with E-state index in [4.69, 9.17) is 0 Å². The fourth-order valence-corrected chi connectivity index (χ4v) is 3.74. The first kappa shape index (κ1) is 33.0. The summed E-state index contributed by atoms with van der Waals surface area (Å²) in [5, 5.41) is 5.75. The molecule has 0 aliphatic carbocycles. The van der Waals surface area contributed by atoms with Crippen molar-refractivity contribution in [3.05, 3.63) is 83.3 Å². The SMILES string of the molecule is CC.CN(C)C(=O)c1ccccc1.CNc1ccc(-c2ccnc(C)c2/C=C(\C)CCCCCNC=O)cn1. The highest BCUT2D eigenvalue weighted by Crippen LogP contribution is 2.28. The molecule has 2 amide bonds. The van der Waals surface area contributed by atoms with E-state index in [1.807, 2.05) is 82.7 Å². The molecule has 3 rings (SSSR count). The van der Waals surface area contributed by atoms with Gasteiger partial charge in [0.2, 0.25) is 6.41 Å². The number of amides is 2. The van der Waals surface area contributed by atoms with Gasteiger partial charge in [0.15, 0.2) is 0 Å². The van der Waals surface area contributed by atoms with E-state index >= 15 is 0 Å². The van der Waals surface area contributed by atoms with Crippen molar-refractivity contribution in [2.75, 3.05) is 33.0 Å². The van der Waals surface area contributed by atoms with Gasteiger partial charge in [-0.3, -0.25) is 14.6 Å². The highest BCUT2D eigenvalue weighted by molar-refractivity contribution is 5.93. The number of pyridine rings is 2. The van der Waals surface area contributed by atoms with Crippen LogP contribution in [0.5, 0.6) is 0 Å². The molecule has 7 nitrogen and oxygen atoms in total. The number of benzene rings is 1. The van der Waals surface area contributed by atoms with Crippen molar-refractivity contribution >= 4 is 24.2 Å². The lowest BCUT2D eigenvalue weighted by Crippen LogP contribution is -2.21. The van der Waals surface area contributed by atoms with Gasteiger partial charge in [-0.15, -0.1) is 0 Å². The van der Waals surface area contributed by atoms with Crippen LogP contribution in [-0.4, -0.2) is 54.9 Å². The summed E-state index contributed by atoms with van der Waals surface area (Å²) in [7, 11) is 5.36. The lowest BCUT2D eigenvalue weighted by atomic mass is 9.97. The van der Waals surface area contributed by atoms with Crippen molar-refractivity contribution in [3.8, 4) is 11.1 Å². The Bertz CT molecular complexity index is 1140. The zero-order valence-corrected chi connectivity index (χ0v) is 24.6. The fourth-order valence-electron chi connectivity index (χ4n) is 3.74. The molecule has 0 bridgehead atoms. The number of hydrogen-bond donors (Lipinski definition) is 2. The number of nitrogens with one attached hydrogen (secondary N) is 2. The molecule has 0 saturated heterocycles. The van der Waals surface area contributed by atoms with Crippen LogP contribution in [0.2, 0.25) is 0 Å². The van der Waals surface area contributed by atoms with Crippen LogP contribution < -0.4 is 10.6 Å². The van der Waals surface area contributed by atoms with Crippen molar-refractivity contribution < 1.29 is 9.59 Å². The number of unbranched alkanes of at least 4 members (excludes halogenated alkanes) is 2. The van der Waals surface area contributed by atoms with Gasteiger partial charge in [0.1, 0.15) is 5.82 Å². The Hall–Kier alpha value is -4.00. The van der Waals surface area contributed by atoms with Crippen LogP contribution in [0.1, 0.15) is 68.1 Å². The standard InChI is InChI=1S/C21H28N4O.C9H11NO.C2H6/c1-16(7-5-4-6-11-23-15-26)13-20-17(2)24-12-10-19(20)18-8-9-21(22-3)25-14-18;1-10(2)9(11)8-6-4-3-5-7-8;1-2/h8-10,12-15H,4-7,11H2,1-3H3,(H,22,25)(H,23,26);3-7H,1-2H3;1-2H3/b16-13+;;. The molecule has 210 valence electrons. The van der Waals surface area contributed by atoms with Crippen molar-refractivity contribution in [3.63, 3.8) is 0 Å². The Kier molecular flexibility index (Phi) is 16.2.